The van der Waals surface area contributed by atoms with Gasteiger partial charge in [0.15, 0.2) is 0 Å². The van der Waals surface area contributed by atoms with Gasteiger partial charge in [0, 0.05) is 6.07 Å². The second-order valence-electron chi connectivity index (χ2n) is 2.25. The molecule has 2 N–H and O–H groups in total. The summed E-state index contributed by atoms with van der Waals surface area (Å²) in [6.45, 7) is 0. The van der Waals surface area contributed by atoms with Crippen LogP contribution in [0.4, 0.5) is 8.78 Å². The average Bonchev–Trinajstić information content (AvgIpc) is 2.04. The molecule has 0 spiro atoms. The van der Waals surface area contributed by atoms with Gasteiger partial charge < -0.3 is 0 Å². The zero-order chi connectivity index (χ0) is 9.84. The number of rotatable bonds is 3. The molecular weight excluding hydrogens is 185 g/mol. The summed E-state index contributed by atoms with van der Waals surface area (Å²) in [5.74, 6) is -1.73. The van der Waals surface area contributed by atoms with Gasteiger partial charge in [-0.1, -0.05) is 0 Å². The molecule has 0 atom stereocenters. The molecule has 0 heterocycles. The first-order valence-electron chi connectivity index (χ1n) is 3.24. The van der Waals surface area contributed by atoms with E-state index < -0.39 is 18.8 Å². The highest BCUT2D eigenvalue weighted by Crippen LogP contribution is 2.01. The fraction of sp³-hybridized carbons (Fsp3) is 0. The predicted octanol–water partition coefficient (Wildman–Crippen LogP) is 0.639. The van der Waals surface area contributed by atoms with Crippen molar-refractivity contribution in [3.63, 3.8) is 0 Å². The summed E-state index contributed by atoms with van der Waals surface area (Å²) in [6.07, 6.45) is 0. The molecule has 0 bridgehead atoms. The van der Waals surface area contributed by atoms with Crippen LogP contribution in [-0.2, 0) is 9.61 Å². The molecule has 7 heteroatoms. The van der Waals surface area contributed by atoms with Crippen LogP contribution < -0.4 is 5.46 Å². The van der Waals surface area contributed by atoms with E-state index in [9.17, 15) is 8.78 Å². The van der Waals surface area contributed by atoms with Crippen LogP contribution in [0.3, 0.4) is 0 Å². The number of hydrogen-bond acceptors (Lipinski definition) is 4. The van der Waals surface area contributed by atoms with E-state index in [0.717, 1.165) is 12.1 Å². The van der Waals surface area contributed by atoms with E-state index in [4.69, 9.17) is 10.5 Å². The van der Waals surface area contributed by atoms with Crippen molar-refractivity contribution in [3.8, 4) is 0 Å². The summed E-state index contributed by atoms with van der Waals surface area (Å²) in [7, 11) is -1.62. The largest absolute Gasteiger partial charge is 0.554 e. The van der Waals surface area contributed by atoms with Gasteiger partial charge in [-0.15, -0.1) is 0 Å². The van der Waals surface area contributed by atoms with Crippen molar-refractivity contribution in [1.82, 2.24) is 0 Å². The second kappa shape index (κ2) is 4.29. The Morgan fingerprint density at radius 2 is 1.46 bits per heavy atom. The van der Waals surface area contributed by atoms with Gasteiger partial charge in [0.2, 0.25) is 0 Å². The van der Waals surface area contributed by atoms with Crippen molar-refractivity contribution >= 4 is 12.6 Å². The monoisotopic (exact) mass is 190 g/mol. The standard InChI is InChI=1S/C6H5BF2O4/c8-5-1-4(2-6(9)3-5)7(12-10)13-11/h1-3,10-11H. The molecular formula is C6H5BF2O4. The fourth-order valence-electron chi connectivity index (χ4n) is 0.852. The maximum Gasteiger partial charge on any atom is 0.554 e. The quantitative estimate of drug-likeness (QED) is 0.417. The van der Waals surface area contributed by atoms with Crippen LogP contribution in [0.1, 0.15) is 0 Å². The van der Waals surface area contributed by atoms with Gasteiger partial charge >= 0.3 is 7.12 Å². The topological polar surface area (TPSA) is 58.9 Å². The first-order chi connectivity index (χ1) is 6.17. The molecule has 0 saturated carbocycles. The average molecular weight is 190 g/mol. The van der Waals surface area contributed by atoms with Crippen molar-refractivity contribution in [1.29, 1.82) is 0 Å². The zero-order valence-electron chi connectivity index (χ0n) is 6.28. The van der Waals surface area contributed by atoms with Crippen LogP contribution >= 0.6 is 0 Å². The fourth-order valence-corrected chi connectivity index (χ4v) is 0.852. The van der Waals surface area contributed by atoms with Gasteiger partial charge in [-0.2, -0.15) is 0 Å². The lowest BCUT2D eigenvalue weighted by Gasteiger charge is -2.04. The predicted molar refractivity (Wildman–Crippen MR) is 39.2 cm³/mol. The first-order valence-corrected chi connectivity index (χ1v) is 3.24. The van der Waals surface area contributed by atoms with Crippen LogP contribution in [-0.4, -0.2) is 17.6 Å². The first kappa shape index (κ1) is 10.1. The molecule has 0 unspecified atom stereocenters. The Morgan fingerprint density at radius 1 is 1.00 bits per heavy atom. The van der Waals surface area contributed by atoms with Gasteiger partial charge in [-0.3, -0.25) is 20.1 Å². The molecule has 0 radical (unpaired) electrons. The normalized spacial score (nSPS) is 10.2. The molecule has 0 aliphatic rings. The summed E-state index contributed by atoms with van der Waals surface area (Å²) in [5, 5.41) is 16.3. The Balaban J connectivity index is 2.99. The molecule has 0 aliphatic carbocycles. The van der Waals surface area contributed by atoms with E-state index in [1.54, 1.807) is 0 Å². The highest BCUT2D eigenvalue weighted by molar-refractivity contribution is 6.60. The van der Waals surface area contributed by atoms with Crippen molar-refractivity contribution in [3.05, 3.63) is 29.8 Å². The zero-order valence-corrected chi connectivity index (χ0v) is 6.28. The van der Waals surface area contributed by atoms with Crippen molar-refractivity contribution in [2.24, 2.45) is 0 Å². The minimum absolute atomic E-state index is 0.178. The number of hydrogen-bond donors (Lipinski definition) is 2. The summed E-state index contributed by atoms with van der Waals surface area (Å²) < 4.78 is 25.1. The van der Waals surface area contributed by atoms with Crippen LogP contribution in [0.5, 0.6) is 0 Å². The maximum absolute atomic E-state index is 12.5. The van der Waals surface area contributed by atoms with Crippen molar-refractivity contribution in [2.75, 3.05) is 0 Å². The Hall–Kier alpha value is -1.02. The summed E-state index contributed by atoms with van der Waals surface area (Å²) in [4.78, 5) is 7.18. The maximum atomic E-state index is 12.5. The van der Waals surface area contributed by atoms with Crippen LogP contribution in [0, 0.1) is 11.6 Å². The van der Waals surface area contributed by atoms with Gasteiger partial charge in [0.25, 0.3) is 0 Å². The van der Waals surface area contributed by atoms with E-state index in [-0.39, 0.29) is 5.46 Å². The van der Waals surface area contributed by atoms with E-state index in [1.807, 2.05) is 0 Å². The molecule has 1 aromatic carbocycles. The van der Waals surface area contributed by atoms with Gasteiger partial charge in [0.05, 0.1) is 0 Å². The lowest BCUT2D eigenvalue weighted by Crippen LogP contribution is -2.35. The molecule has 0 aromatic heterocycles. The van der Waals surface area contributed by atoms with Crippen LogP contribution in [0.2, 0.25) is 0 Å². The van der Waals surface area contributed by atoms with Gasteiger partial charge in [-0.05, 0) is 17.6 Å². The molecule has 1 rings (SSSR count). The SMILES string of the molecule is OOB(OO)c1cc(F)cc(F)c1. The molecule has 70 valence electrons. The van der Waals surface area contributed by atoms with Gasteiger partial charge in [0.1, 0.15) is 11.6 Å². The minimum Gasteiger partial charge on any atom is -0.264 e. The second-order valence-corrected chi connectivity index (χ2v) is 2.25. The third-order valence-corrected chi connectivity index (χ3v) is 1.35. The lowest BCUT2D eigenvalue weighted by atomic mass is 9.80. The Labute approximate surface area is 72.3 Å². The van der Waals surface area contributed by atoms with Crippen molar-refractivity contribution < 1.29 is 28.9 Å². The molecule has 13 heavy (non-hydrogen) atoms. The molecule has 0 saturated heterocycles. The minimum atomic E-state index is -1.62. The van der Waals surface area contributed by atoms with Crippen LogP contribution in [0.15, 0.2) is 18.2 Å². The van der Waals surface area contributed by atoms with Gasteiger partial charge in [-0.25, -0.2) is 8.78 Å². The van der Waals surface area contributed by atoms with E-state index in [0.29, 0.717) is 6.07 Å². The van der Waals surface area contributed by atoms with E-state index in [2.05, 4.69) is 9.61 Å². The summed E-state index contributed by atoms with van der Waals surface area (Å²) >= 11 is 0. The Bertz CT molecular complexity index is 272. The highest BCUT2D eigenvalue weighted by Gasteiger charge is 2.23. The molecule has 1 aromatic rings. The number of benzene rings is 1. The molecule has 0 fully saturated rings. The summed E-state index contributed by atoms with van der Waals surface area (Å²) in [5.41, 5.74) is -0.178. The van der Waals surface area contributed by atoms with E-state index in [1.165, 1.54) is 0 Å². The highest BCUT2D eigenvalue weighted by atomic mass is 19.1. The lowest BCUT2D eigenvalue weighted by molar-refractivity contribution is -0.221. The third kappa shape index (κ3) is 2.46. The molecule has 0 amide bonds. The van der Waals surface area contributed by atoms with Crippen molar-refractivity contribution in [2.45, 2.75) is 0 Å². The smallest absolute Gasteiger partial charge is 0.264 e. The Morgan fingerprint density at radius 3 is 1.85 bits per heavy atom. The Kier molecular flexibility index (Phi) is 3.32. The molecule has 4 nitrogen and oxygen atoms in total. The number of halogens is 2. The van der Waals surface area contributed by atoms with E-state index >= 15 is 0 Å². The molecule has 0 aliphatic heterocycles. The third-order valence-electron chi connectivity index (χ3n) is 1.35. The summed E-state index contributed by atoms with van der Waals surface area (Å²) in [6, 6.07) is 2.33. The van der Waals surface area contributed by atoms with Crippen LogP contribution in [0.25, 0.3) is 0 Å².